The molecule has 2 aromatic rings. The molecule has 0 bridgehead atoms. The van der Waals surface area contributed by atoms with E-state index < -0.39 is 23.9 Å². The van der Waals surface area contributed by atoms with Crippen molar-refractivity contribution >= 4 is 46.4 Å². The van der Waals surface area contributed by atoms with Crippen molar-refractivity contribution in [2.45, 2.75) is 6.42 Å². The first kappa shape index (κ1) is 18.0. The van der Waals surface area contributed by atoms with Gasteiger partial charge < -0.3 is 10.1 Å². The molecule has 24 heavy (non-hydrogen) atoms. The molecule has 0 aromatic heterocycles. The number of ether oxygens (including phenoxy) is 1. The van der Waals surface area contributed by atoms with E-state index in [0.717, 1.165) is 0 Å². The van der Waals surface area contributed by atoms with Gasteiger partial charge in [0, 0.05) is 11.3 Å². The second kappa shape index (κ2) is 7.95. The highest BCUT2D eigenvalue weighted by atomic mass is 35.5. The van der Waals surface area contributed by atoms with Crippen LogP contribution >= 0.6 is 23.2 Å². The van der Waals surface area contributed by atoms with E-state index in [9.17, 15) is 14.4 Å². The third-order valence-electron chi connectivity index (χ3n) is 3.14. The van der Waals surface area contributed by atoms with Gasteiger partial charge in [-0.2, -0.15) is 0 Å². The van der Waals surface area contributed by atoms with Gasteiger partial charge in [-0.25, -0.2) is 0 Å². The lowest BCUT2D eigenvalue weighted by Gasteiger charge is -2.06. The van der Waals surface area contributed by atoms with E-state index in [1.807, 2.05) is 0 Å². The summed E-state index contributed by atoms with van der Waals surface area (Å²) in [5, 5.41) is 2.95. The number of anilines is 1. The molecule has 0 radical (unpaired) electrons. The van der Waals surface area contributed by atoms with E-state index in [2.05, 4.69) is 5.32 Å². The van der Waals surface area contributed by atoms with Crippen LogP contribution in [0, 0.1) is 0 Å². The van der Waals surface area contributed by atoms with E-state index in [1.54, 1.807) is 18.2 Å². The van der Waals surface area contributed by atoms with E-state index in [-0.39, 0.29) is 5.02 Å². The van der Waals surface area contributed by atoms with Crippen LogP contribution in [0.5, 0.6) is 5.75 Å². The van der Waals surface area contributed by atoms with Crippen LogP contribution in [0.15, 0.2) is 42.5 Å². The number of methoxy groups -OCH3 is 1. The SMILES string of the molecule is COc1cccc(C(=O)CC(=O)C(=O)Nc2ccc(Cl)c(Cl)c2)c1. The van der Waals surface area contributed by atoms with Crippen molar-refractivity contribution in [1.82, 2.24) is 0 Å². The van der Waals surface area contributed by atoms with E-state index in [4.69, 9.17) is 27.9 Å². The Hall–Kier alpha value is -2.37. The average Bonchev–Trinajstić information content (AvgIpc) is 2.58. The highest BCUT2D eigenvalue weighted by molar-refractivity contribution is 6.44. The molecule has 2 rings (SSSR count). The minimum atomic E-state index is -0.898. The predicted octanol–water partition coefficient (Wildman–Crippen LogP) is 3.78. The first-order chi connectivity index (χ1) is 11.4. The normalized spacial score (nSPS) is 10.1. The zero-order valence-corrected chi connectivity index (χ0v) is 14.1. The van der Waals surface area contributed by atoms with Crippen LogP contribution < -0.4 is 10.1 Å². The quantitative estimate of drug-likeness (QED) is 0.480. The van der Waals surface area contributed by atoms with Crippen LogP contribution in [0.25, 0.3) is 0 Å². The monoisotopic (exact) mass is 365 g/mol. The summed E-state index contributed by atoms with van der Waals surface area (Å²) in [6, 6.07) is 10.8. The van der Waals surface area contributed by atoms with Gasteiger partial charge in [-0.05, 0) is 30.3 Å². The number of hydrogen-bond acceptors (Lipinski definition) is 4. The molecule has 0 aliphatic carbocycles. The number of rotatable bonds is 6. The Labute approximate surface area is 148 Å². The molecule has 0 saturated heterocycles. The van der Waals surface area contributed by atoms with Crippen LogP contribution in [0.3, 0.4) is 0 Å². The Morgan fingerprint density at radius 3 is 2.46 bits per heavy atom. The molecule has 124 valence electrons. The molecule has 0 aliphatic rings. The summed E-state index contributed by atoms with van der Waals surface area (Å²) in [5.74, 6) is -1.73. The van der Waals surface area contributed by atoms with Gasteiger partial charge >= 0.3 is 0 Å². The summed E-state index contributed by atoms with van der Waals surface area (Å²) in [6.45, 7) is 0. The van der Waals surface area contributed by atoms with Gasteiger partial charge in [0.1, 0.15) is 5.75 Å². The smallest absolute Gasteiger partial charge is 0.292 e. The Morgan fingerprint density at radius 1 is 1.04 bits per heavy atom. The highest BCUT2D eigenvalue weighted by Gasteiger charge is 2.19. The predicted molar refractivity (Wildman–Crippen MR) is 92.0 cm³/mol. The largest absolute Gasteiger partial charge is 0.497 e. The third-order valence-corrected chi connectivity index (χ3v) is 3.88. The summed E-state index contributed by atoms with van der Waals surface area (Å²) in [4.78, 5) is 35.9. The molecule has 0 aliphatic heterocycles. The van der Waals surface area contributed by atoms with Gasteiger partial charge in [-0.15, -0.1) is 0 Å². The van der Waals surface area contributed by atoms with Crippen molar-refractivity contribution in [2.24, 2.45) is 0 Å². The van der Waals surface area contributed by atoms with Gasteiger partial charge in [-0.3, -0.25) is 14.4 Å². The number of hydrogen-bond donors (Lipinski definition) is 1. The number of ketones is 2. The molecule has 0 fully saturated rings. The molecule has 0 heterocycles. The van der Waals surface area contributed by atoms with Gasteiger partial charge in [0.05, 0.1) is 23.6 Å². The van der Waals surface area contributed by atoms with Gasteiger partial charge in [0.15, 0.2) is 5.78 Å². The van der Waals surface area contributed by atoms with Crippen molar-refractivity contribution < 1.29 is 19.1 Å². The second-order valence-corrected chi connectivity index (χ2v) is 5.65. The number of nitrogens with one attached hydrogen (secondary N) is 1. The fourth-order valence-electron chi connectivity index (χ4n) is 1.90. The Balaban J connectivity index is 2.01. The zero-order chi connectivity index (χ0) is 17.7. The maximum absolute atomic E-state index is 12.1. The minimum absolute atomic E-state index is 0.245. The lowest BCUT2D eigenvalue weighted by molar-refractivity contribution is -0.134. The molecule has 0 saturated carbocycles. The molecule has 1 amide bonds. The average molecular weight is 366 g/mol. The topological polar surface area (TPSA) is 72.5 Å². The summed E-state index contributed by atoms with van der Waals surface area (Å²) >= 11 is 11.6. The number of halogens is 2. The summed E-state index contributed by atoms with van der Waals surface area (Å²) in [6.07, 6.45) is -0.541. The molecule has 1 N–H and O–H groups in total. The first-order valence-electron chi connectivity index (χ1n) is 6.87. The van der Waals surface area contributed by atoms with Crippen molar-refractivity contribution in [3.8, 4) is 5.75 Å². The molecule has 0 spiro atoms. The summed E-state index contributed by atoms with van der Waals surface area (Å²) in [7, 11) is 1.47. The van der Waals surface area contributed by atoms with Crippen LogP contribution in [0.1, 0.15) is 16.8 Å². The standard InChI is InChI=1S/C17H13Cl2NO4/c1-24-12-4-2-3-10(7-12)15(21)9-16(22)17(23)20-11-5-6-13(18)14(19)8-11/h2-8H,9H2,1H3,(H,20,23). The van der Waals surface area contributed by atoms with Gasteiger partial charge in [0.2, 0.25) is 5.78 Å². The number of carbonyl (C=O) groups excluding carboxylic acids is 3. The maximum atomic E-state index is 12.1. The number of benzene rings is 2. The lowest BCUT2D eigenvalue weighted by atomic mass is 10.1. The number of carbonyl (C=O) groups is 3. The molecular formula is C17H13Cl2NO4. The molecule has 5 nitrogen and oxygen atoms in total. The Morgan fingerprint density at radius 2 is 1.79 bits per heavy atom. The summed E-state index contributed by atoms with van der Waals surface area (Å²) in [5.41, 5.74) is 0.613. The zero-order valence-electron chi connectivity index (χ0n) is 12.6. The van der Waals surface area contributed by atoms with Crippen molar-refractivity contribution in [3.63, 3.8) is 0 Å². The van der Waals surface area contributed by atoms with E-state index in [1.165, 1.54) is 31.4 Å². The van der Waals surface area contributed by atoms with Gasteiger partial charge in [-0.1, -0.05) is 35.3 Å². The van der Waals surface area contributed by atoms with E-state index >= 15 is 0 Å². The Kier molecular flexibility index (Phi) is 5.95. The van der Waals surface area contributed by atoms with Crippen molar-refractivity contribution in [3.05, 3.63) is 58.1 Å². The Bertz CT molecular complexity index is 805. The lowest BCUT2D eigenvalue weighted by Crippen LogP contribution is -2.25. The van der Waals surface area contributed by atoms with E-state index in [0.29, 0.717) is 22.0 Å². The van der Waals surface area contributed by atoms with Crippen molar-refractivity contribution in [2.75, 3.05) is 12.4 Å². The van der Waals surface area contributed by atoms with Gasteiger partial charge in [0.25, 0.3) is 5.91 Å². The molecule has 7 heteroatoms. The summed E-state index contributed by atoms with van der Waals surface area (Å²) < 4.78 is 5.02. The molecular weight excluding hydrogens is 353 g/mol. The fraction of sp³-hybridized carbons (Fsp3) is 0.118. The minimum Gasteiger partial charge on any atom is -0.497 e. The third kappa shape index (κ3) is 4.57. The van der Waals surface area contributed by atoms with Crippen LogP contribution in [0.2, 0.25) is 10.0 Å². The first-order valence-corrected chi connectivity index (χ1v) is 7.63. The van der Waals surface area contributed by atoms with Crippen LogP contribution in [0.4, 0.5) is 5.69 Å². The molecule has 0 atom stereocenters. The molecule has 0 unspecified atom stereocenters. The number of amides is 1. The maximum Gasteiger partial charge on any atom is 0.292 e. The number of Topliss-reactive ketones (excluding diaryl/α,β-unsaturated/α-hetero) is 2. The molecule has 2 aromatic carbocycles. The van der Waals surface area contributed by atoms with Crippen LogP contribution in [-0.4, -0.2) is 24.6 Å². The fourth-order valence-corrected chi connectivity index (χ4v) is 2.20. The highest BCUT2D eigenvalue weighted by Crippen LogP contribution is 2.25. The van der Waals surface area contributed by atoms with Crippen molar-refractivity contribution in [1.29, 1.82) is 0 Å². The van der Waals surface area contributed by atoms with Crippen LogP contribution in [-0.2, 0) is 9.59 Å². The second-order valence-electron chi connectivity index (χ2n) is 4.84.